The molecule has 78 valence electrons. The van der Waals surface area contributed by atoms with Crippen molar-refractivity contribution in [3.05, 3.63) is 48.0 Å². The van der Waals surface area contributed by atoms with E-state index >= 15 is 0 Å². The molecule has 0 amide bonds. The van der Waals surface area contributed by atoms with E-state index in [1.807, 2.05) is 49.4 Å². The van der Waals surface area contributed by atoms with Gasteiger partial charge in [-0.15, -0.1) is 0 Å². The highest BCUT2D eigenvalue weighted by Gasteiger charge is 2.33. The van der Waals surface area contributed by atoms with Crippen molar-refractivity contribution in [1.29, 1.82) is 0 Å². The van der Waals surface area contributed by atoms with Gasteiger partial charge in [0.05, 0.1) is 5.92 Å². The zero-order chi connectivity index (χ0) is 10.7. The molecule has 2 rings (SSSR count). The highest BCUT2D eigenvalue weighted by Crippen LogP contribution is 2.33. The van der Waals surface area contributed by atoms with E-state index in [1.54, 1.807) is 0 Å². The minimum absolute atomic E-state index is 0.0693. The predicted octanol–water partition coefficient (Wildman–Crippen LogP) is 2.87. The molecule has 0 radical (unpaired) electrons. The first kappa shape index (κ1) is 9.97. The van der Waals surface area contributed by atoms with E-state index in [-0.39, 0.29) is 18.0 Å². The monoisotopic (exact) mass is 202 g/mol. The van der Waals surface area contributed by atoms with Crippen molar-refractivity contribution in [1.82, 2.24) is 0 Å². The molecule has 1 heterocycles. The number of rotatable bonds is 2. The Kier molecular flexibility index (Phi) is 2.86. The number of ether oxygens (including phenoxy) is 1. The van der Waals surface area contributed by atoms with Gasteiger partial charge in [0, 0.05) is 6.42 Å². The third kappa shape index (κ3) is 2.09. The number of cyclic esters (lactones) is 1. The van der Waals surface area contributed by atoms with Crippen LogP contribution >= 0.6 is 0 Å². The molecular weight excluding hydrogens is 188 g/mol. The van der Waals surface area contributed by atoms with Gasteiger partial charge in [0.2, 0.25) is 0 Å². The topological polar surface area (TPSA) is 26.3 Å². The van der Waals surface area contributed by atoms with Gasteiger partial charge in [-0.1, -0.05) is 42.5 Å². The smallest absolute Gasteiger partial charge is 0.313 e. The average Bonchev–Trinajstić information content (AvgIpc) is 2.63. The van der Waals surface area contributed by atoms with Crippen LogP contribution in [-0.4, -0.2) is 5.97 Å². The minimum atomic E-state index is -0.109. The summed E-state index contributed by atoms with van der Waals surface area (Å²) in [5.74, 6) is -0.179. The third-order valence-electron chi connectivity index (χ3n) is 2.63. The lowest BCUT2D eigenvalue weighted by molar-refractivity contribution is -0.143. The van der Waals surface area contributed by atoms with E-state index in [2.05, 4.69) is 0 Å². The maximum atomic E-state index is 11.5. The van der Waals surface area contributed by atoms with Crippen LogP contribution in [0.1, 0.15) is 25.0 Å². The molecule has 0 N–H and O–H groups in total. The molecule has 0 aliphatic carbocycles. The van der Waals surface area contributed by atoms with Crippen LogP contribution in [0.5, 0.6) is 0 Å². The average molecular weight is 202 g/mol. The van der Waals surface area contributed by atoms with Crippen LogP contribution in [0.3, 0.4) is 0 Å². The minimum Gasteiger partial charge on any atom is -0.457 e. The van der Waals surface area contributed by atoms with Crippen molar-refractivity contribution in [2.75, 3.05) is 0 Å². The molecule has 0 bridgehead atoms. The first-order chi connectivity index (χ1) is 7.31. The Morgan fingerprint density at radius 1 is 1.33 bits per heavy atom. The van der Waals surface area contributed by atoms with Crippen molar-refractivity contribution in [2.45, 2.75) is 19.4 Å². The van der Waals surface area contributed by atoms with Crippen molar-refractivity contribution in [2.24, 2.45) is 5.92 Å². The molecule has 1 aliphatic rings. The van der Waals surface area contributed by atoms with Crippen LogP contribution in [0, 0.1) is 5.92 Å². The summed E-state index contributed by atoms with van der Waals surface area (Å²) >= 11 is 0. The Balaban J connectivity index is 2.13. The van der Waals surface area contributed by atoms with Gasteiger partial charge in [-0.05, 0) is 12.5 Å². The molecule has 0 spiro atoms. The van der Waals surface area contributed by atoms with E-state index in [9.17, 15) is 4.79 Å². The molecule has 15 heavy (non-hydrogen) atoms. The maximum Gasteiger partial charge on any atom is 0.313 e. The van der Waals surface area contributed by atoms with Gasteiger partial charge in [0.25, 0.3) is 0 Å². The fourth-order valence-corrected chi connectivity index (χ4v) is 1.86. The van der Waals surface area contributed by atoms with Crippen molar-refractivity contribution in [3.8, 4) is 0 Å². The van der Waals surface area contributed by atoms with E-state index in [0.717, 1.165) is 12.0 Å². The largest absolute Gasteiger partial charge is 0.457 e. The second kappa shape index (κ2) is 4.30. The number of esters is 1. The summed E-state index contributed by atoms with van der Waals surface area (Å²) in [4.78, 5) is 11.5. The SMILES string of the molecule is CC=CC1CC(c2ccccc2)OC1=O. The van der Waals surface area contributed by atoms with Gasteiger partial charge in [-0.25, -0.2) is 0 Å². The number of carbonyl (C=O) groups is 1. The van der Waals surface area contributed by atoms with Crippen LogP contribution in [0.15, 0.2) is 42.5 Å². The molecule has 2 nitrogen and oxygen atoms in total. The summed E-state index contributed by atoms with van der Waals surface area (Å²) in [7, 11) is 0. The second-order valence-corrected chi connectivity index (χ2v) is 3.70. The van der Waals surface area contributed by atoms with Gasteiger partial charge in [0.15, 0.2) is 0 Å². The van der Waals surface area contributed by atoms with Gasteiger partial charge in [0.1, 0.15) is 6.10 Å². The van der Waals surface area contributed by atoms with Crippen LogP contribution in [0.25, 0.3) is 0 Å². The molecule has 0 saturated carbocycles. The van der Waals surface area contributed by atoms with Gasteiger partial charge < -0.3 is 4.74 Å². The van der Waals surface area contributed by atoms with Crippen LogP contribution < -0.4 is 0 Å². The lowest BCUT2D eigenvalue weighted by Gasteiger charge is -2.07. The third-order valence-corrected chi connectivity index (χ3v) is 2.63. The lowest BCUT2D eigenvalue weighted by Crippen LogP contribution is -2.03. The molecule has 1 aromatic carbocycles. The Labute approximate surface area is 89.6 Å². The highest BCUT2D eigenvalue weighted by molar-refractivity contribution is 5.76. The van der Waals surface area contributed by atoms with Crippen LogP contribution in [0.4, 0.5) is 0 Å². The first-order valence-corrected chi connectivity index (χ1v) is 5.19. The molecular formula is C13H14O2. The molecule has 0 aromatic heterocycles. The van der Waals surface area contributed by atoms with Crippen molar-refractivity contribution < 1.29 is 9.53 Å². The predicted molar refractivity (Wildman–Crippen MR) is 58.2 cm³/mol. The van der Waals surface area contributed by atoms with Crippen molar-refractivity contribution in [3.63, 3.8) is 0 Å². The Morgan fingerprint density at radius 2 is 2.07 bits per heavy atom. The number of hydrogen-bond donors (Lipinski definition) is 0. The zero-order valence-corrected chi connectivity index (χ0v) is 8.72. The Morgan fingerprint density at radius 3 is 2.73 bits per heavy atom. The lowest BCUT2D eigenvalue weighted by atomic mass is 10.00. The number of allylic oxidation sites excluding steroid dienone is 1. The normalized spacial score (nSPS) is 25.8. The van der Waals surface area contributed by atoms with E-state index in [4.69, 9.17) is 4.74 Å². The van der Waals surface area contributed by atoms with E-state index < -0.39 is 0 Å². The molecule has 2 atom stereocenters. The number of benzene rings is 1. The molecule has 1 aliphatic heterocycles. The van der Waals surface area contributed by atoms with Crippen molar-refractivity contribution >= 4 is 5.97 Å². The van der Waals surface area contributed by atoms with E-state index in [1.165, 1.54) is 0 Å². The quantitative estimate of drug-likeness (QED) is 0.544. The summed E-state index contributed by atoms with van der Waals surface area (Å²) in [5, 5.41) is 0. The first-order valence-electron chi connectivity index (χ1n) is 5.19. The fourth-order valence-electron chi connectivity index (χ4n) is 1.86. The summed E-state index contributed by atoms with van der Waals surface area (Å²) < 4.78 is 5.32. The molecule has 1 aromatic rings. The summed E-state index contributed by atoms with van der Waals surface area (Å²) in [5.41, 5.74) is 1.08. The Hall–Kier alpha value is -1.57. The van der Waals surface area contributed by atoms with Crippen LogP contribution in [-0.2, 0) is 9.53 Å². The second-order valence-electron chi connectivity index (χ2n) is 3.70. The standard InChI is InChI=1S/C13H14O2/c1-2-6-11-9-12(15-13(11)14)10-7-4-3-5-8-10/h2-8,11-12H,9H2,1H3. The Bertz CT molecular complexity index is 367. The molecule has 1 saturated heterocycles. The summed E-state index contributed by atoms with van der Waals surface area (Å²) in [6.45, 7) is 1.92. The van der Waals surface area contributed by atoms with Gasteiger partial charge in [-0.3, -0.25) is 4.79 Å². The highest BCUT2D eigenvalue weighted by atomic mass is 16.5. The summed E-state index contributed by atoms with van der Waals surface area (Å²) in [6.07, 6.45) is 4.50. The number of carbonyl (C=O) groups excluding carboxylic acids is 1. The van der Waals surface area contributed by atoms with E-state index in [0.29, 0.717) is 0 Å². The maximum absolute atomic E-state index is 11.5. The fraction of sp³-hybridized carbons (Fsp3) is 0.308. The number of hydrogen-bond acceptors (Lipinski definition) is 2. The molecule has 2 heteroatoms. The van der Waals surface area contributed by atoms with Gasteiger partial charge >= 0.3 is 5.97 Å². The van der Waals surface area contributed by atoms with Crippen LogP contribution in [0.2, 0.25) is 0 Å². The summed E-state index contributed by atoms with van der Waals surface area (Å²) in [6, 6.07) is 9.88. The molecule has 1 fully saturated rings. The molecule has 2 unspecified atom stereocenters. The van der Waals surface area contributed by atoms with Gasteiger partial charge in [-0.2, -0.15) is 0 Å². The zero-order valence-electron chi connectivity index (χ0n) is 8.72.